The molecule has 0 heterocycles. The molecular formula is C20H30O6. The van der Waals surface area contributed by atoms with E-state index in [1.54, 1.807) is 6.07 Å². The van der Waals surface area contributed by atoms with Crippen LogP contribution in [0.2, 0.25) is 0 Å². The van der Waals surface area contributed by atoms with Gasteiger partial charge in [0.2, 0.25) is 0 Å². The molecule has 26 heavy (non-hydrogen) atoms. The van der Waals surface area contributed by atoms with E-state index >= 15 is 0 Å². The highest BCUT2D eigenvalue weighted by atomic mass is 16.4. The second-order valence-electron chi connectivity index (χ2n) is 7.97. The van der Waals surface area contributed by atoms with E-state index in [9.17, 15) is 25.2 Å². The molecule has 5 atom stereocenters. The van der Waals surface area contributed by atoms with Gasteiger partial charge >= 0.3 is 5.97 Å². The lowest BCUT2D eigenvalue weighted by Gasteiger charge is -2.35. The summed E-state index contributed by atoms with van der Waals surface area (Å²) in [6, 6.07) is 2.97. The Morgan fingerprint density at radius 1 is 1.31 bits per heavy atom. The van der Waals surface area contributed by atoms with Gasteiger partial charge in [-0.25, -0.2) is 4.79 Å². The van der Waals surface area contributed by atoms with Gasteiger partial charge in [-0.15, -0.1) is 0 Å². The Balaban J connectivity index is 2.24. The Hall–Kier alpha value is -1.63. The molecule has 6 nitrogen and oxygen atoms in total. The smallest absolute Gasteiger partial charge is 0.335 e. The quantitative estimate of drug-likeness (QED) is 0.506. The number of fused-ring (bicyclic) bond motifs is 1. The zero-order chi connectivity index (χ0) is 19.6. The molecule has 146 valence electrons. The van der Waals surface area contributed by atoms with Crippen LogP contribution >= 0.6 is 0 Å². The van der Waals surface area contributed by atoms with E-state index in [1.165, 1.54) is 13.0 Å². The maximum absolute atomic E-state index is 11.4. The van der Waals surface area contributed by atoms with Crippen LogP contribution in [0.4, 0.5) is 0 Å². The summed E-state index contributed by atoms with van der Waals surface area (Å²) in [5.41, 5.74) is 0.238. The fourth-order valence-corrected chi connectivity index (χ4v) is 3.99. The molecule has 0 saturated carbocycles. The Labute approximate surface area is 154 Å². The van der Waals surface area contributed by atoms with E-state index in [-0.39, 0.29) is 29.1 Å². The summed E-state index contributed by atoms with van der Waals surface area (Å²) < 4.78 is 0. The lowest BCUT2D eigenvalue weighted by molar-refractivity contribution is -0.0962. The number of aromatic carboxylic acids is 1. The van der Waals surface area contributed by atoms with Crippen LogP contribution in [0.25, 0.3) is 0 Å². The fourth-order valence-electron chi connectivity index (χ4n) is 3.99. The van der Waals surface area contributed by atoms with E-state index in [0.29, 0.717) is 12.8 Å². The molecule has 0 aromatic heterocycles. The molecule has 2 rings (SSSR count). The van der Waals surface area contributed by atoms with Crippen LogP contribution < -0.4 is 0 Å². The average Bonchev–Trinajstić information content (AvgIpc) is 2.58. The van der Waals surface area contributed by atoms with Crippen molar-refractivity contribution in [3.8, 4) is 5.75 Å². The summed E-state index contributed by atoms with van der Waals surface area (Å²) in [4.78, 5) is 11.4. The number of carboxylic acids is 1. The van der Waals surface area contributed by atoms with Crippen LogP contribution in [0.1, 0.15) is 79.8 Å². The number of benzene rings is 1. The molecule has 0 bridgehead atoms. The molecule has 0 aliphatic heterocycles. The Morgan fingerprint density at radius 3 is 2.54 bits per heavy atom. The van der Waals surface area contributed by atoms with Gasteiger partial charge in [-0.1, -0.05) is 13.8 Å². The van der Waals surface area contributed by atoms with Crippen molar-refractivity contribution in [2.45, 2.75) is 70.0 Å². The lowest BCUT2D eigenvalue weighted by Crippen LogP contribution is -2.42. The molecular weight excluding hydrogens is 336 g/mol. The highest BCUT2D eigenvalue weighted by Gasteiger charge is 2.34. The summed E-state index contributed by atoms with van der Waals surface area (Å²) in [7, 11) is 0. The number of carbonyl (C=O) groups is 1. The van der Waals surface area contributed by atoms with Gasteiger partial charge in [0, 0.05) is 5.56 Å². The predicted octanol–water partition coefficient (Wildman–Crippen LogP) is 2.59. The van der Waals surface area contributed by atoms with Gasteiger partial charge in [-0.3, -0.25) is 0 Å². The topological polar surface area (TPSA) is 118 Å². The van der Waals surface area contributed by atoms with Crippen molar-refractivity contribution in [2.75, 3.05) is 6.61 Å². The molecule has 1 aromatic rings. The maximum Gasteiger partial charge on any atom is 0.335 e. The average molecular weight is 366 g/mol. The van der Waals surface area contributed by atoms with Crippen LogP contribution in [-0.2, 0) is 0 Å². The standard InChI is InChI=1S/C20H30O6/c1-11(5-7-17(23)20(3,26)10-21)14-6-4-12(2)18-15(14)8-13(19(24)25)9-16(18)22/h8-9,11-12,14,17,21-23,26H,4-7,10H2,1-3H3,(H,24,25). The minimum atomic E-state index is -1.53. The predicted molar refractivity (Wildman–Crippen MR) is 97.6 cm³/mol. The summed E-state index contributed by atoms with van der Waals surface area (Å²) in [5.74, 6) is -0.654. The third-order valence-corrected chi connectivity index (χ3v) is 5.86. The number of rotatable bonds is 7. The number of aliphatic hydroxyl groups excluding tert-OH is 2. The van der Waals surface area contributed by atoms with Gasteiger partial charge in [-0.05, 0) is 68.1 Å². The maximum atomic E-state index is 11.4. The lowest BCUT2D eigenvalue weighted by atomic mass is 9.70. The summed E-state index contributed by atoms with van der Waals surface area (Å²) in [6.07, 6.45) is 1.70. The van der Waals surface area contributed by atoms with Gasteiger partial charge in [0.05, 0.1) is 18.3 Å². The van der Waals surface area contributed by atoms with Gasteiger partial charge in [0.15, 0.2) is 0 Å². The molecule has 1 aliphatic rings. The normalized spacial score (nSPS) is 24.4. The van der Waals surface area contributed by atoms with Crippen LogP contribution in [0.5, 0.6) is 5.75 Å². The monoisotopic (exact) mass is 366 g/mol. The van der Waals surface area contributed by atoms with Crippen LogP contribution in [-0.4, -0.2) is 49.8 Å². The molecule has 6 heteroatoms. The minimum Gasteiger partial charge on any atom is -0.508 e. The summed E-state index contributed by atoms with van der Waals surface area (Å²) >= 11 is 0. The molecule has 0 saturated heterocycles. The number of hydrogen-bond donors (Lipinski definition) is 5. The van der Waals surface area contributed by atoms with Crippen LogP contribution in [0.15, 0.2) is 12.1 Å². The van der Waals surface area contributed by atoms with Crippen molar-refractivity contribution in [3.63, 3.8) is 0 Å². The number of phenolic OH excluding ortho intramolecular Hbond substituents is 1. The number of phenols is 1. The molecule has 0 spiro atoms. The summed E-state index contributed by atoms with van der Waals surface area (Å²) in [6.45, 7) is 4.96. The van der Waals surface area contributed by atoms with Gasteiger partial charge < -0.3 is 25.5 Å². The van der Waals surface area contributed by atoms with E-state index < -0.39 is 24.3 Å². The van der Waals surface area contributed by atoms with Crippen molar-refractivity contribution in [1.82, 2.24) is 0 Å². The van der Waals surface area contributed by atoms with Crippen LogP contribution in [0, 0.1) is 5.92 Å². The highest BCUT2D eigenvalue weighted by molar-refractivity contribution is 5.88. The molecule has 5 N–H and O–H groups in total. The minimum absolute atomic E-state index is 0.0348. The Kier molecular flexibility index (Phi) is 6.32. The van der Waals surface area contributed by atoms with Gasteiger partial charge in [0.1, 0.15) is 11.4 Å². The second kappa shape index (κ2) is 7.94. The van der Waals surface area contributed by atoms with E-state index in [1.807, 2.05) is 13.8 Å². The first kappa shape index (κ1) is 20.7. The van der Waals surface area contributed by atoms with Gasteiger partial charge in [0.25, 0.3) is 0 Å². The highest BCUT2D eigenvalue weighted by Crippen LogP contribution is 2.47. The molecule has 5 unspecified atom stereocenters. The van der Waals surface area contributed by atoms with E-state index in [0.717, 1.165) is 24.0 Å². The molecule has 0 radical (unpaired) electrons. The second-order valence-corrected chi connectivity index (χ2v) is 7.97. The zero-order valence-corrected chi connectivity index (χ0v) is 15.6. The number of aromatic hydroxyl groups is 1. The van der Waals surface area contributed by atoms with E-state index in [2.05, 4.69) is 0 Å². The SMILES string of the molecule is CC1CCC(C(C)CCC(O)C(C)(O)CO)c2cc(C(=O)O)cc(O)c21. The number of hydrogen-bond acceptors (Lipinski definition) is 5. The fraction of sp³-hybridized carbons (Fsp3) is 0.650. The van der Waals surface area contributed by atoms with E-state index in [4.69, 9.17) is 5.11 Å². The molecule has 1 aromatic carbocycles. The van der Waals surface area contributed by atoms with Crippen molar-refractivity contribution in [3.05, 3.63) is 28.8 Å². The largest absolute Gasteiger partial charge is 0.508 e. The first-order valence-electron chi connectivity index (χ1n) is 9.19. The van der Waals surface area contributed by atoms with Crippen LogP contribution in [0.3, 0.4) is 0 Å². The number of aliphatic hydroxyl groups is 3. The summed E-state index contributed by atoms with van der Waals surface area (Å²) in [5, 5.41) is 48.8. The third-order valence-electron chi connectivity index (χ3n) is 5.86. The third kappa shape index (κ3) is 4.19. The first-order valence-corrected chi connectivity index (χ1v) is 9.19. The Bertz CT molecular complexity index is 654. The number of carboxylic acid groups (broad SMARTS) is 1. The van der Waals surface area contributed by atoms with Gasteiger partial charge in [-0.2, -0.15) is 0 Å². The Morgan fingerprint density at radius 2 is 1.96 bits per heavy atom. The zero-order valence-electron chi connectivity index (χ0n) is 15.6. The molecule has 0 fully saturated rings. The molecule has 0 amide bonds. The van der Waals surface area contributed by atoms with Crippen molar-refractivity contribution >= 4 is 5.97 Å². The van der Waals surface area contributed by atoms with Crippen molar-refractivity contribution < 1.29 is 30.3 Å². The first-order chi connectivity index (χ1) is 12.1. The van der Waals surface area contributed by atoms with Crippen molar-refractivity contribution in [2.24, 2.45) is 5.92 Å². The molecule has 1 aliphatic carbocycles. The van der Waals surface area contributed by atoms with Crippen molar-refractivity contribution in [1.29, 1.82) is 0 Å².